The maximum atomic E-state index is 12.5. The summed E-state index contributed by atoms with van der Waals surface area (Å²) in [5.74, 6) is 0.0399. The SMILES string of the molecule is CCCC(=O)NC(c1ccccc1)c1c(OC(C)=O)ccc2ccccc12. The lowest BCUT2D eigenvalue weighted by Gasteiger charge is -2.24. The molecule has 0 fully saturated rings. The summed E-state index contributed by atoms with van der Waals surface area (Å²) in [7, 11) is 0. The minimum atomic E-state index is -0.411. The summed E-state index contributed by atoms with van der Waals surface area (Å²) >= 11 is 0. The molecule has 0 radical (unpaired) electrons. The van der Waals surface area contributed by atoms with Crippen LogP contribution in [0, 0.1) is 0 Å². The number of esters is 1. The molecule has 0 aromatic heterocycles. The molecule has 1 amide bonds. The van der Waals surface area contributed by atoms with E-state index in [0.29, 0.717) is 12.2 Å². The highest BCUT2D eigenvalue weighted by Gasteiger charge is 2.23. The lowest BCUT2D eigenvalue weighted by Crippen LogP contribution is -2.29. The molecule has 0 saturated carbocycles. The van der Waals surface area contributed by atoms with Gasteiger partial charge in [-0.05, 0) is 28.8 Å². The zero-order chi connectivity index (χ0) is 19.2. The lowest BCUT2D eigenvalue weighted by molar-refractivity contribution is -0.131. The first kappa shape index (κ1) is 18.6. The van der Waals surface area contributed by atoms with E-state index in [2.05, 4.69) is 5.32 Å². The van der Waals surface area contributed by atoms with Crippen LogP contribution in [-0.4, -0.2) is 11.9 Å². The largest absolute Gasteiger partial charge is 0.426 e. The van der Waals surface area contributed by atoms with Gasteiger partial charge in [0.2, 0.25) is 5.91 Å². The first-order valence-electron chi connectivity index (χ1n) is 9.14. The quantitative estimate of drug-likeness (QED) is 0.508. The van der Waals surface area contributed by atoms with Gasteiger partial charge in [-0.2, -0.15) is 0 Å². The molecule has 0 aliphatic heterocycles. The van der Waals surface area contributed by atoms with Gasteiger partial charge in [-0.25, -0.2) is 0 Å². The Morgan fingerprint density at radius 3 is 2.37 bits per heavy atom. The van der Waals surface area contributed by atoms with Gasteiger partial charge in [0.1, 0.15) is 5.75 Å². The van der Waals surface area contributed by atoms with Crippen molar-refractivity contribution in [3.05, 3.63) is 77.9 Å². The third-order valence-corrected chi connectivity index (χ3v) is 4.39. The minimum Gasteiger partial charge on any atom is -0.426 e. The molecule has 4 nitrogen and oxygen atoms in total. The molecule has 138 valence electrons. The number of benzene rings is 3. The van der Waals surface area contributed by atoms with Crippen LogP contribution in [0.5, 0.6) is 5.75 Å². The lowest BCUT2D eigenvalue weighted by atomic mass is 9.92. The normalized spacial score (nSPS) is 11.8. The zero-order valence-electron chi connectivity index (χ0n) is 15.6. The van der Waals surface area contributed by atoms with Crippen LogP contribution < -0.4 is 10.1 Å². The van der Waals surface area contributed by atoms with E-state index in [0.717, 1.165) is 28.3 Å². The number of fused-ring (bicyclic) bond motifs is 1. The van der Waals surface area contributed by atoms with Gasteiger partial charge in [0.05, 0.1) is 6.04 Å². The van der Waals surface area contributed by atoms with Crippen molar-refractivity contribution >= 4 is 22.6 Å². The predicted molar refractivity (Wildman–Crippen MR) is 107 cm³/mol. The van der Waals surface area contributed by atoms with Gasteiger partial charge in [-0.1, -0.05) is 67.6 Å². The first-order valence-corrected chi connectivity index (χ1v) is 9.14. The average molecular weight is 361 g/mol. The third kappa shape index (κ3) is 4.34. The van der Waals surface area contributed by atoms with Gasteiger partial charge in [-0.3, -0.25) is 9.59 Å². The Kier molecular flexibility index (Phi) is 5.87. The number of ether oxygens (including phenoxy) is 1. The number of rotatable bonds is 6. The van der Waals surface area contributed by atoms with Crippen molar-refractivity contribution < 1.29 is 14.3 Å². The topological polar surface area (TPSA) is 55.4 Å². The smallest absolute Gasteiger partial charge is 0.308 e. The van der Waals surface area contributed by atoms with E-state index in [-0.39, 0.29) is 5.91 Å². The molecular formula is C23H23NO3. The molecule has 0 heterocycles. The maximum Gasteiger partial charge on any atom is 0.308 e. The number of carbonyl (C=O) groups excluding carboxylic acids is 2. The summed E-state index contributed by atoms with van der Waals surface area (Å²) in [6.45, 7) is 3.35. The fraction of sp³-hybridized carbons (Fsp3) is 0.217. The van der Waals surface area contributed by atoms with Crippen LogP contribution in [0.2, 0.25) is 0 Å². The van der Waals surface area contributed by atoms with Gasteiger partial charge in [0.15, 0.2) is 0 Å². The summed E-state index contributed by atoms with van der Waals surface area (Å²) in [6, 6.07) is 20.9. The number of hydrogen-bond donors (Lipinski definition) is 1. The van der Waals surface area contributed by atoms with E-state index in [9.17, 15) is 9.59 Å². The molecule has 1 atom stereocenters. The Labute approximate surface area is 159 Å². The zero-order valence-corrected chi connectivity index (χ0v) is 15.6. The third-order valence-electron chi connectivity index (χ3n) is 4.39. The molecule has 3 aromatic carbocycles. The van der Waals surface area contributed by atoms with Crippen LogP contribution in [0.1, 0.15) is 43.9 Å². The second kappa shape index (κ2) is 8.49. The van der Waals surface area contributed by atoms with Crippen LogP contribution in [0.25, 0.3) is 10.8 Å². The van der Waals surface area contributed by atoms with Crippen molar-refractivity contribution in [1.29, 1.82) is 0 Å². The van der Waals surface area contributed by atoms with Gasteiger partial charge < -0.3 is 10.1 Å². The monoisotopic (exact) mass is 361 g/mol. The summed E-state index contributed by atoms with van der Waals surface area (Å²) < 4.78 is 5.51. The Balaban J connectivity index is 2.21. The Morgan fingerprint density at radius 1 is 0.963 bits per heavy atom. The summed E-state index contributed by atoms with van der Waals surface area (Å²) in [5.41, 5.74) is 1.73. The molecule has 27 heavy (non-hydrogen) atoms. The molecule has 0 aliphatic rings. The van der Waals surface area contributed by atoms with Gasteiger partial charge in [-0.15, -0.1) is 0 Å². The van der Waals surface area contributed by atoms with E-state index in [1.807, 2.05) is 67.6 Å². The van der Waals surface area contributed by atoms with Crippen molar-refractivity contribution in [2.45, 2.75) is 32.7 Å². The highest BCUT2D eigenvalue weighted by molar-refractivity contribution is 5.90. The van der Waals surface area contributed by atoms with E-state index in [4.69, 9.17) is 4.74 Å². The summed E-state index contributed by atoms with van der Waals surface area (Å²) in [5, 5.41) is 5.09. The van der Waals surface area contributed by atoms with Crippen LogP contribution in [0.15, 0.2) is 66.7 Å². The summed E-state index contributed by atoms with van der Waals surface area (Å²) in [4.78, 5) is 24.1. The first-order chi connectivity index (χ1) is 13.1. The van der Waals surface area contributed by atoms with Gasteiger partial charge >= 0.3 is 5.97 Å². The van der Waals surface area contributed by atoms with Crippen molar-refractivity contribution in [1.82, 2.24) is 5.32 Å². The highest BCUT2D eigenvalue weighted by Crippen LogP contribution is 2.36. The van der Waals surface area contributed by atoms with Crippen LogP contribution in [-0.2, 0) is 9.59 Å². The molecule has 3 aromatic rings. The minimum absolute atomic E-state index is 0.0342. The van der Waals surface area contributed by atoms with Gasteiger partial charge in [0, 0.05) is 18.9 Å². The maximum absolute atomic E-state index is 12.5. The van der Waals surface area contributed by atoms with Crippen molar-refractivity contribution in [3.63, 3.8) is 0 Å². The Morgan fingerprint density at radius 2 is 1.67 bits per heavy atom. The molecule has 1 N–H and O–H groups in total. The number of hydrogen-bond acceptors (Lipinski definition) is 3. The molecule has 3 rings (SSSR count). The molecule has 1 unspecified atom stereocenters. The summed E-state index contributed by atoms with van der Waals surface area (Å²) in [6.07, 6.45) is 1.21. The second-order valence-electron chi connectivity index (χ2n) is 6.45. The van der Waals surface area contributed by atoms with Crippen molar-refractivity contribution in [2.75, 3.05) is 0 Å². The van der Waals surface area contributed by atoms with Crippen LogP contribution in [0.3, 0.4) is 0 Å². The number of carbonyl (C=O) groups is 2. The molecule has 4 heteroatoms. The average Bonchev–Trinajstić information content (AvgIpc) is 2.67. The fourth-order valence-corrected chi connectivity index (χ4v) is 3.25. The van der Waals surface area contributed by atoms with Gasteiger partial charge in [0.25, 0.3) is 0 Å². The highest BCUT2D eigenvalue weighted by atomic mass is 16.5. The number of amides is 1. The Hall–Kier alpha value is -3.14. The van der Waals surface area contributed by atoms with Crippen LogP contribution in [0.4, 0.5) is 0 Å². The molecule has 0 bridgehead atoms. The standard InChI is InChI=1S/C23H23NO3/c1-3-9-21(26)24-23(18-11-5-4-6-12-18)22-19-13-8-7-10-17(19)14-15-20(22)27-16(2)25/h4-8,10-15,23H,3,9H2,1-2H3,(H,24,26). The second-order valence-corrected chi connectivity index (χ2v) is 6.45. The fourth-order valence-electron chi connectivity index (χ4n) is 3.25. The molecular weight excluding hydrogens is 338 g/mol. The molecule has 0 spiro atoms. The van der Waals surface area contributed by atoms with E-state index in [1.54, 1.807) is 6.07 Å². The van der Waals surface area contributed by atoms with Crippen molar-refractivity contribution in [2.24, 2.45) is 0 Å². The van der Waals surface area contributed by atoms with Crippen LogP contribution >= 0.6 is 0 Å². The number of nitrogens with one attached hydrogen (secondary N) is 1. The van der Waals surface area contributed by atoms with E-state index >= 15 is 0 Å². The predicted octanol–water partition coefficient (Wildman–Crippen LogP) is 4.77. The molecule has 0 saturated heterocycles. The van der Waals surface area contributed by atoms with Crippen molar-refractivity contribution in [3.8, 4) is 5.75 Å². The van der Waals surface area contributed by atoms with E-state index < -0.39 is 12.0 Å². The van der Waals surface area contributed by atoms with E-state index in [1.165, 1.54) is 6.92 Å². The molecule has 0 aliphatic carbocycles. The Bertz CT molecular complexity index is 950.